The molecule has 1 fully saturated rings. The summed E-state index contributed by atoms with van der Waals surface area (Å²) >= 11 is 2.06. The predicted molar refractivity (Wildman–Crippen MR) is 69.8 cm³/mol. The van der Waals surface area contributed by atoms with Crippen molar-refractivity contribution in [3.8, 4) is 0 Å². The van der Waals surface area contributed by atoms with E-state index in [2.05, 4.69) is 35.9 Å². The van der Waals surface area contributed by atoms with Crippen molar-refractivity contribution in [2.75, 3.05) is 32.9 Å². The first-order chi connectivity index (χ1) is 7.07. The maximum atomic E-state index is 4.68. The van der Waals surface area contributed by atoms with Crippen molar-refractivity contribution in [1.82, 2.24) is 10.2 Å². The highest BCUT2D eigenvalue weighted by molar-refractivity contribution is 8.00. The van der Waals surface area contributed by atoms with Crippen LogP contribution in [0.2, 0.25) is 0 Å². The third-order valence-corrected chi connectivity index (χ3v) is 4.15. The zero-order valence-electron chi connectivity index (χ0n) is 10.3. The molecular weight excluding hydrogens is 206 g/mol. The predicted octanol–water partition coefficient (Wildman–Crippen LogP) is 1.80. The first-order valence-electron chi connectivity index (χ1n) is 5.67. The largest absolute Gasteiger partial charge is 0.357 e. The van der Waals surface area contributed by atoms with Crippen LogP contribution in [0, 0.1) is 0 Å². The molecular formula is C11H23N3S. The van der Waals surface area contributed by atoms with Crippen molar-refractivity contribution >= 4 is 17.7 Å². The molecule has 0 spiro atoms. The van der Waals surface area contributed by atoms with E-state index in [9.17, 15) is 0 Å². The normalized spacial score (nSPS) is 26.8. The number of thioether (sulfide) groups is 1. The van der Waals surface area contributed by atoms with Gasteiger partial charge in [-0.1, -0.05) is 0 Å². The third-order valence-electron chi connectivity index (χ3n) is 2.62. The number of aliphatic imine (C=N–C) groups is 1. The highest BCUT2D eigenvalue weighted by atomic mass is 32.2. The summed E-state index contributed by atoms with van der Waals surface area (Å²) in [6, 6.07) is 0. The van der Waals surface area contributed by atoms with Crippen molar-refractivity contribution in [3.63, 3.8) is 0 Å². The van der Waals surface area contributed by atoms with Gasteiger partial charge in [0.15, 0.2) is 5.96 Å². The third kappa shape index (κ3) is 3.93. The minimum Gasteiger partial charge on any atom is -0.357 e. The molecule has 0 bridgehead atoms. The summed E-state index contributed by atoms with van der Waals surface area (Å²) in [4.78, 5) is 6.73. The lowest BCUT2D eigenvalue weighted by Crippen LogP contribution is -2.37. The van der Waals surface area contributed by atoms with E-state index in [0.29, 0.717) is 4.75 Å². The SMILES string of the molecule is CCNC(=NCC1(C)CCCS1)N(C)C. The monoisotopic (exact) mass is 229 g/mol. The summed E-state index contributed by atoms with van der Waals surface area (Å²) in [6.45, 7) is 6.29. The van der Waals surface area contributed by atoms with E-state index < -0.39 is 0 Å². The van der Waals surface area contributed by atoms with E-state index in [1.807, 2.05) is 19.0 Å². The summed E-state index contributed by atoms with van der Waals surface area (Å²) in [6.07, 6.45) is 2.64. The number of guanidine groups is 1. The maximum Gasteiger partial charge on any atom is 0.193 e. The first-order valence-corrected chi connectivity index (χ1v) is 6.65. The van der Waals surface area contributed by atoms with E-state index in [4.69, 9.17) is 0 Å². The second kappa shape index (κ2) is 5.64. The molecule has 3 nitrogen and oxygen atoms in total. The van der Waals surface area contributed by atoms with Crippen LogP contribution in [0.15, 0.2) is 4.99 Å². The Morgan fingerprint density at radius 3 is 2.73 bits per heavy atom. The first kappa shape index (κ1) is 12.7. The molecule has 0 amide bonds. The Labute approximate surface area is 97.7 Å². The van der Waals surface area contributed by atoms with Crippen LogP contribution in [-0.2, 0) is 0 Å². The minimum absolute atomic E-state index is 0.372. The highest BCUT2D eigenvalue weighted by Gasteiger charge is 2.29. The molecule has 88 valence electrons. The lowest BCUT2D eigenvalue weighted by atomic mass is 10.1. The van der Waals surface area contributed by atoms with Gasteiger partial charge in [-0.15, -0.1) is 0 Å². The summed E-state index contributed by atoms with van der Waals surface area (Å²) < 4.78 is 0.372. The van der Waals surface area contributed by atoms with Gasteiger partial charge >= 0.3 is 0 Å². The van der Waals surface area contributed by atoms with Gasteiger partial charge in [0, 0.05) is 25.4 Å². The van der Waals surface area contributed by atoms with Crippen LogP contribution in [0.1, 0.15) is 26.7 Å². The molecule has 1 N–H and O–H groups in total. The van der Waals surface area contributed by atoms with Gasteiger partial charge in [-0.2, -0.15) is 11.8 Å². The Hall–Kier alpha value is -0.380. The Morgan fingerprint density at radius 1 is 1.53 bits per heavy atom. The summed E-state index contributed by atoms with van der Waals surface area (Å²) in [5, 5.41) is 3.29. The van der Waals surface area contributed by atoms with Crippen LogP contribution in [0.5, 0.6) is 0 Å². The van der Waals surface area contributed by atoms with Gasteiger partial charge in [0.25, 0.3) is 0 Å². The second-order valence-corrected chi connectivity index (χ2v) is 6.15. The fourth-order valence-electron chi connectivity index (χ4n) is 1.72. The molecule has 1 aliphatic rings. The van der Waals surface area contributed by atoms with Crippen molar-refractivity contribution in [2.24, 2.45) is 4.99 Å². The quantitative estimate of drug-likeness (QED) is 0.591. The van der Waals surface area contributed by atoms with Crippen LogP contribution in [0.4, 0.5) is 0 Å². The zero-order valence-corrected chi connectivity index (χ0v) is 11.2. The Balaban J connectivity index is 2.52. The smallest absolute Gasteiger partial charge is 0.193 e. The molecule has 0 saturated carbocycles. The number of nitrogens with one attached hydrogen (secondary N) is 1. The van der Waals surface area contributed by atoms with E-state index in [1.165, 1.54) is 18.6 Å². The zero-order chi connectivity index (χ0) is 11.3. The van der Waals surface area contributed by atoms with Gasteiger partial charge in [0.05, 0.1) is 6.54 Å². The van der Waals surface area contributed by atoms with Crippen LogP contribution in [-0.4, -0.2) is 48.5 Å². The minimum atomic E-state index is 0.372. The van der Waals surface area contributed by atoms with Gasteiger partial charge in [0.1, 0.15) is 0 Å². The molecule has 1 unspecified atom stereocenters. The van der Waals surface area contributed by atoms with Crippen LogP contribution < -0.4 is 5.32 Å². The number of rotatable bonds is 3. The van der Waals surface area contributed by atoms with Crippen molar-refractivity contribution < 1.29 is 0 Å². The number of nitrogens with zero attached hydrogens (tertiary/aromatic N) is 2. The van der Waals surface area contributed by atoms with Crippen LogP contribution in [0.25, 0.3) is 0 Å². The molecule has 1 rings (SSSR count). The van der Waals surface area contributed by atoms with E-state index in [-0.39, 0.29) is 0 Å². The molecule has 4 heteroatoms. The lowest BCUT2D eigenvalue weighted by molar-refractivity contribution is 0.566. The molecule has 0 radical (unpaired) electrons. The second-order valence-electron chi connectivity index (χ2n) is 4.47. The molecule has 1 saturated heterocycles. The van der Waals surface area contributed by atoms with E-state index in [1.54, 1.807) is 0 Å². The Morgan fingerprint density at radius 2 is 2.27 bits per heavy atom. The maximum absolute atomic E-state index is 4.68. The van der Waals surface area contributed by atoms with Gasteiger partial charge < -0.3 is 10.2 Å². The van der Waals surface area contributed by atoms with Gasteiger partial charge in [-0.3, -0.25) is 4.99 Å². The highest BCUT2D eigenvalue weighted by Crippen LogP contribution is 2.37. The molecule has 15 heavy (non-hydrogen) atoms. The molecule has 1 atom stereocenters. The molecule has 0 aliphatic carbocycles. The average molecular weight is 229 g/mol. The fraction of sp³-hybridized carbons (Fsp3) is 0.909. The molecule has 0 aromatic carbocycles. The summed E-state index contributed by atoms with van der Waals surface area (Å²) in [5.41, 5.74) is 0. The average Bonchev–Trinajstić information content (AvgIpc) is 2.60. The molecule has 1 aliphatic heterocycles. The molecule has 0 aromatic rings. The van der Waals surface area contributed by atoms with Gasteiger partial charge in [-0.25, -0.2) is 0 Å². The Kier molecular flexibility index (Phi) is 4.77. The summed E-state index contributed by atoms with van der Waals surface area (Å²) in [7, 11) is 4.07. The number of hydrogen-bond acceptors (Lipinski definition) is 2. The molecule has 0 aromatic heterocycles. The molecule has 1 heterocycles. The topological polar surface area (TPSA) is 27.6 Å². The van der Waals surface area contributed by atoms with Crippen molar-refractivity contribution in [2.45, 2.75) is 31.4 Å². The van der Waals surface area contributed by atoms with Crippen LogP contribution >= 0.6 is 11.8 Å². The van der Waals surface area contributed by atoms with Gasteiger partial charge in [0.2, 0.25) is 0 Å². The summed E-state index contributed by atoms with van der Waals surface area (Å²) in [5.74, 6) is 2.30. The van der Waals surface area contributed by atoms with Gasteiger partial charge in [-0.05, 0) is 32.4 Å². The lowest BCUT2D eigenvalue weighted by Gasteiger charge is -2.22. The standard InChI is InChI=1S/C11H23N3S/c1-5-12-10(14(3)4)13-9-11(2)7-6-8-15-11/h5-9H2,1-4H3,(H,12,13). The Bertz CT molecular complexity index is 220. The fourth-order valence-corrected chi connectivity index (χ4v) is 2.94. The number of hydrogen-bond donors (Lipinski definition) is 1. The van der Waals surface area contributed by atoms with Crippen LogP contribution in [0.3, 0.4) is 0 Å². The van der Waals surface area contributed by atoms with Crippen molar-refractivity contribution in [1.29, 1.82) is 0 Å². The van der Waals surface area contributed by atoms with E-state index >= 15 is 0 Å². The van der Waals surface area contributed by atoms with Crippen molar-refractivity contribution in [3.05, 3.63) is 0 Å². The van der Waals surface area contributed by atoms with E-state index in [0.717, 1.165) is 19.0 Å².